The number of amides is 1. The third-order valence-corrected chi connectivity index (χ3v) is 5.51. The summed E-state index contributed by atoms with van der Waals surface area (Å²) in [7, 11) is 0. The van der Waals surface area contributed by atoms with Gasteiger partial charge in [-0.05, 0) is 24.1 Å². The molecule has 1 aliphatic rings. The number of halogens is 3. The average Bonchev–Trinajstić information content (AvgIpc) is 3.41. The van der Waals surface area contributed by atoms with Crippen LogP contribution in [0, 0.1) is 0 Å². The summed E-state index contributed by atoms with van der Waals surface area (Å²) >= 11 is 0. The smallest absolute Gasteiger partial charge is 0.416 e. The minimum atomic E-state index is -4.52. The largest absolute Gasteiger partial charge is 0.507 e. The van der Waals surface area contributed by atoms with Crippen molar-refractivity contribution in [3.05, 3.63) is 95.1 Å². The van der Waals surface area contributed by atoms with Gasteiger partial charge in [0.25, 0.3) is 11.7 Å². The highest BCUT2D eigenvalue weighted by molar-refractivity contribution is 6.46. The van der Waals surface area contributed by atoms with Crippen LogP contribution in [0.1, 0.15) is 35.0 Å². The molecule has 33 heavy (non-hydrogen) atoms. The maximum Gasteiger partial charge on any atom is 0.416 e. The van der Waals surface area contributed by atoms with Crippen molar-refractivity contribution in [2.24, 2.45) is 0 Å². The molecule has 4 rings (SSSR count). The van der Waals surface area contributed by atoms with Crippen LogP contribution >= 0.6 is 0 Å². The number of nitrogens with one attached hydrogen (secondary N) is 1. The van der Waals surface area contributed by atoms with Crippen molar-refractivity contribution >= 4 is 17.4 Å². The van der Waals surface area contributed by atoms with Crippen LogP contribution in [0.3, 0.4) is 0 Å². The minimum absolute atomic E-state index is 0.149. The summed E-state index contributed by atoms with van der Waals surface area (Å²) in [5.41, 5.74) is -0.353. The molecule has 1 fully saturated rings. The van der Waals surface area contributed by atoms with Gasteiger partial charge in [0.2, 0.25) is 0 Å². The van der Waals surface area contributed by atoms with Gasteiger partial charge in [-0.1, -0.05) is 42.5 Å². The summed E-state index contributed by atoms with van der Waals surface area (Å²) in [6.45, 7) is 0.155. The number of ketones is 1. The number of aromatic nitrogens is 2. The van der Waals surface area contributed by atoms with Gasteiger partial charge in [-0.15, -0.1) is 0 Å². The fraction of sp³-hybridized carbons (Fsp3) is 0.208. The summed E-state index contributed by atoms with van der Waals surface area (Å²) in [5.74, 6) is -1.34. The van der Waals surface area contributed by atoms with E-state index in [2.05, 4.69) is 9.97 Å². The molecule has 1 aliphatic heterocycles. The molecule has 2 aromatic carbocycles. The number of alkyl halides is 3. The molecule has 1 saturated heterocycles. The van der Waals surface area contributed by atoms with Gasteiger partial charge >= 0.3 is 6.18 Å². The topological polar surface area (TPSA) is 86.3 Å². The Morgan fingerprint density at radius 1 is 1.06 bits per heavy atom. The van der Waals surface area contributed by atoms with Crippen LogP contribution < -0.4 is 0 Å². The standard InChI is InChI=1S/C24H20F3N3O3/c25-24(26,27)17-10-8-15(9-11-17)20-19(21(31)16-5-2-1-3-6-16)22(32)23(33)30(20)14-4-7-18-28-12-13-29-18/h1-3,5-6,8-13,20,31H,4,7,14H2,(H,28,29)/b21-19+. The van der Waals surface area contributed by atoms with Crippen molar-refractivity contribution in [1.82, 2.24) is 14.9 Å². The zero-order valence-corrected chi connectivity index (χ0v) is 17.3. The van der Waals surface area contributed by atoms with Gasteiger partial charge in [0.15, 0.2) is 0 Å². The number of carbonyl (C=O) groups is 2. The van der Waals surface area contributed by atoms with Gasteiger partial charge in [-0.3, -0.25) is 9.59 Å². The zero-order valence-electron chi connectivity index (χ0n) is 17.3. The monoisotopic (exact) mass is 455 g/mol. The van der Waals surface area contributed by atoms with E-state index in [4.69, 9.17) is 0 Å². The van der Waals surface area contributed by atoms with E-state index in [9.17, 15) is 27.9 Å². The number of aryl methyl sites for hydroxylation is 1. The van der Waals surface area contributed by atoms with Gasteiger partial charge in [-0.25, -0.2) is 4.98 Å². The van der Waals surface area contributed by atoms with Crippen LogP contribution in [0.5, 0.6) is 0 Å². The molecule has 9 heteroatoms. The predicted octanol–water partition coefficient (Wildman–Crippen LogP) is 4.48. The molecular formula is C24H20F3N3O3. The normalized spacial score (nSPS) is 18.2. The van der Waals surface area contributed by atoms with Gasteiger partial charge in [-0.2, -0.15) is 13.2 Å². The van der Waals surface area contributed by atoms with Gasteiger partial charge in [0, 0.05) is 30.9 Å². The van der Waals surface area contributed by atoms with E-state index in [0.29, 0.717) is 29.8 Å². The lowest BCUT2D eigenvalue weighted by molar-refractivity contribution is -0.140. The lowest BCUT2D eigenvalue weighted by Gasteiger charge is -2.25. The fourth-order valence-electron chi connectivity index (χ4n) is 3.91. The number of rotatable bonds is 6. The Labute approximate surface area is 187 Å². The Morgan fingerprint density at radius 3 is 2.36 bits per heavy atom. The van der Waals surface area contributed by atoms with Crippen molar-refractivity contribution in [3.8, 4) is 0 Å². The number of aromatic amines is 1. The molecule has 1 atom stereocenters. The van der Waals surface area contributed by atoms with E-state index in [1.54, 1.807) is 42.7 Å². The van der Waals surface area contributed by atoms with E-state index >= 15 is 0 Å². The number of nitrogens with zero attached hydrogens (tertiary/aromatic N) is 2. The summed E-state index contributed by atoms with van der Waals surface area (Å²) < 4.78 is 39.1. The van der Waals surface area contributed by atoms with E-state index in [0.717, 1.165) is 12.1 Å². The molecule has 2 heterocycles. The quantitative estimate of drug-likeness (QED) is 0.326. The van der Waals surface area contributed by atoms with Crippen molar-refractivity contribution < 1.29 is 27.9 Å². The molecule has 2 N–H and O–H groups in total. The summed E-state index contributed by atoms with van der Waals surface area (Å²) in [6.07, 6.45) is -0.280. The number of benzene rings is 2. The van der Waals surface area contributed by atoms with Crippen LogP contribution in [0.4, 0.5) is 13.2 Å². The Hall–Kier alpha value is -3.88. The third kappa shape index (κ3) is 4.52. The number of Topliss-reactive ketones (excluding diaryl/α,β-unsaturated/α-hetero) is 1. The summed E-state index contributed by atoms with van der Waals surface area (Å²) in [6, 6.07) is 11.5. The van der Waals surface area contributed by atoms with Crippen molar-refractivity contribution in [3.63, 3.8) is 0 Å². The lowest BCUT2D eigenvalue weighted by Crippen LogP contribution is -2.31. The number of hydrogen-bond donors (Lipinski definition) is 2. The molecule has 0 spiro atoms. The molecule has 170 valence electrons. The predicted molar refractivity (Wildman–Crippen MR) is 114 cm³/mol. The molecule has 0 saturated carbocycles. The maximum absolute atomic E-state index is 13.0. The van der Waals surface area contributed by atoms with Crippen molar-refractivity contribution in [2.75, 3.05) is 6.54 Å². The second-order valence-corrected chi connectivity index (χ2v) is 7.62. The second kappa shape index (κ2) is 8.93. The molecule has 0 aliphatic carbocycles. The van der Waals surface area contributed by atoms with Crippen LogP contribution in [-0.4, -0.2) is 38.2 Å². The molecule has 1 amide bonds. The Bertz CT molecular complexity index is 1170. The first-order valence-corrected chi connectivity index (χ1v) is 10.3. The Morgan fingerprint density at radius 2 is 1.76 bits per heavy atom. The number of imidazole rings is 1. The molecule has 6 nitrogen and oxygen atoms in total. The van der Waals surface area contributed by atoms with Crippen LogP contribution in [0.25, 0.3) is 5.76 Å². The summed E-state index contributed by atoms with van der Waals surface area (Å²) in [4.78, 5) is 34.2. The van der Waals surface area contributed by atoms with E-state index in [1.165, 1.54) is 17.0 Å². The highest BCUT2D eigenvalue weighted by atomic mass is 19.4. The maximum atomic E-state index is 13.0. The minimum Gasteiger partial charge on any atom is -0.507 e. The molecule has 1 aromatic heterocycles. The van der Waals surface area contributed by atoms with Gasteiger partial charge in [0.1, 0.15) is 11.6 Å². The molecule has 3 aromatic rings. The first-order chi connectivity index (χ1) is 15.8. The first kappa shape index (κ1) is 22.3. The van der Waals surface area contributed by atoms with Crippen LogP contribution in [0.2, 0.25) is 0 Å². The van der Waals surface area contributed by atoms with Gasteiger partial charge in [0.05, 0.1) is 17.2 Å². The number of carbonyl (C=O) groups excluding carboxylic acids is 2. The molecule has 0 bridgehead atoms. The number of hydrogen-bond acceptors (Lipinski definition) is 4. The van der Waals surface area contributed by atoms with Gasteiger partial charge < -0.3 is 15.0 Å². The number of likely N-dealkylation sites (tertiary alicyclic amines) is 1. The van der Waals surface area contributed by atoms with Crippen molar-refractivity contribution in [1.29, 1.82) is 0 Å². The van der Waals surface area contributed by atoms with E-state index in [-0.39, 0.29) is 17.9 Å². The lowest BCUT2D eigenvalue weighted by atomic mass is 9.94. The number of aliphatic hydroxyl groups is 1. The first-order valence-electron chi connectivity index (χ1n) is 10.3. The molecular weight excluding hydrogens is 435 g/mol. The highest BCUT2D eigenvalue weighted by Gasteiger charge is 2.46. The third-order valence-electron chi connectivity index (χ3n) is 5.51. The molecule has 0 radical (unpaired) electrons. The SMILES string of the molecule is O=C1C(=O)N(CCCc2ncc[nH]2)C(c2ccc(C(F)(F)F)cc2)/C1=C(\O)c1ccccc1. The van der Waals surface area contributed by atoms with E-state index < -0.39 is 29.5 Å². The molecule has 1 unspecified atom stereocenters. The Kier molecular flexibility index (Phi) is 6.04. The number of aliphatic hydroxyl groups excluding tert-OH is 1. The van der Waals surface area contributed by atoms with Crippen LogP contribution in [-0.2, 0) is 22.2 Å². The van der Waals surface area contributed by atoms with Crippen molar-refractivity contribution in [2.45, 2.75) is 25.1 Å². The summed E-state index contributed by atoms with van der Waals surface area (Å²) in [5, 5.41) is 10.9. The zero-order chi connectivity index (χ0) is 23.6. The van der Waals surface area contributed by atoms with E-state index in [1.807, 2.05) is 0 Å². The Balaban J connectivity index is 1.73. The second-order valence-electron chi connectivity index (χ2n) is 7.62. The van der Waals surface area contributed by atoms with Crippen LogP contribution in [0.15, 0.2) is 72.6 Å². The average molecular weight is 455 g/mol. The number of H-pyrrole nitrogens is 1. The fourth-order valence-corrected chi connectivity index (χ4v) is 3.91. The highest BCUT2D eigenvalue weighted by Crippen LogP contribution is 2.40.